The zero-order valence-corrected chi connectivity index (χ0v) is 22.5. The molecule has 1 heterocycles. The van der Waals surface area contributed by atoms with E-state index in [9.17, 15) is 4.79 Å². The smallest absolute Gasteiger partial charge is 0.253 e. The third kappa shape index (κ3) is 5.88. The molecule has 1 amide bonds. The Balaban J connectivity index is 1.58. The lowest BCUT2D eigenvalue weighted by molar-refractivity contribution is 0.0195. The number of hydrogen-bond acceptors (Lipinski definition) is 3. The highest BCUT2D eigenvalue weighted by atomic mass is 16.2. The van der Waals surface area contributed by atoms with Crippen LogP contribution in [0.2, 0.25) is 0 Å². The van der Waals surface area contributed by atoms with Crippen molar-refractivity contribution in [2.45, 2.75) is 59.3 Å². The molecule has 4 nitrogen and oxygen atoms in total. The van der Waals surface area contributed by atoms with E-state index in [4.69, 9.17) is 0 Å². The Labute approximate surface area is 217 Å². The molecule has 1 unspecified atom stereocenters. The van der Waals surface area contributed by atoms with Gasteiger partial charge in [-0.3, -0.25) is 14.6 Å². The molecule has 1 aliphatic heterocycles. The van der Waals surface area contributed by atoms with Crippen LogP contribution >= 0.6 is 0 Å². The van der Waals surface area contributed by atoms with Crippen LogP contribution in [0.3, 0.4) is 0 Å². The molecule has 4 rings (SSSR count). The Hall–Kier alpha value is -2.95. The van der Waals surface area contributed by atoms with Crippen LogP contribution in [0.1, 0.15) is 66.3 Å². The SMILES string of the molecule is CCN(CC)C(=O)c1ccc(C(c2ccccc2)N2C[C@@H](C)N(Cc3cccc(C)c3)C[C@@H]2C)cc1. The topological polar surface area (TPSA) is 26.8 Å². The maximum Gasteiger partial charge on any atom is 0.253 e. The second-order valence-electron chi connectivity index (χ2n) is 10.2. The lowest BCUT2D eigenvalue weighted by Gasteiger charge is -2.47. The molecule has 3 atom stereocenters. The van der Waals surface area contributed by atoms with Crippen molar-refractivity contribution >= 4 is 5.91 Å². The molecule has 1 aliphatic rings. The van der Waals surface area contributed by atoms with E-state index in [1.165, 1.54) is 22.3 Å². The largest absolute Gasteiger partial charge is 0.339 e. The van der Waals surface area contributed by atoms with Gasteiger partial charge in [-0.1, -0.05) is 72.3 Å². The summed E-state index contributed by atoms with van der Waals surface area (Å²) in [6.07, 6.45) is 0. The Morgan fingerprint density at radius 3 is 2.17 bits per heavy atom. The molecule has 4 heteroatoms. The molecule has 36 heavy (non-hydrogen) atoms. The highest BCUT2D eigenvalue weighted by molar-refractivity contribution is 5.94. The van der Waals surface area contributed by atoms with Crippen molar-refractivity contribution in [2.75, 3.05) is 26.2 Å². The van der Waals surface area contributed by atoms with Gasteiger partial charge in [-0.15, -0.1) is 0 Å². The average molecular weight is 484 g/mol. The molecule has 0 aliphatic carbocycles. The molecule has 0 N–H and O–H groups in total. The van der Waals surface area contributed by atoms with E-state index in [1.807, 2.05) is 30.9 Å². The predicted molar refractivity (Wildman–Crippen MR) is 149 cm³/mol. The van der Waals surface area contributed by atoms with Gasteiger partial charge in [0, 0.05) is 50.4 Å². The quantitative estimate of drug-likeness (QED) is 0.384. The Bertz CT molecular complexity index is 1120. The molecule has 3 aromatic rings. The fourth-order valence-corrected chi connectivity index (χ4v) is 5.56. The van der Waals surface area contributed by atoms with Crippen molar-refractivity contribution in [3.63, 3.8) is 0 Å². The maximum atomic E-state index is 12.9. The first kappa shape index (κ1) is 26.1. The van der Waals surface area contributed by atoms with Crippen molar-refractivity contribution < 1.29 is 4.79 Å². The van der Waals surface area contributed by atoms with E-state index >= 15 is 0 Å². The molecule has 3 aromatic carbocycles. The fraction of sp³-hybridized carbons (Fsp3) is 0.406. The normalized spacial score (nSPS) is 19.7. The second-order valence-corrected chi connectivity index (χ2v) is 10.2. The molecule has 0 radical (unpaired) electrons. The Kier molecular flexibility index (Phi) is 8.60. The average Bonchev–Trinajstić information content (AvgIpc) is 2.89. The van der Waals surface area contributed by atoms with Crippen LogP contribution in [-0.2, 0) is 6.54 Å². The molecule has 1 saturated heterocycles. The second kappa shape index (κ2) is 11.9. The zero-order chi connectivity index (χ0) is 25.7. The first-order valence-corrected chi connectivity index (χ1v) is 13.4. The molecule has 190 valence electrons. The first-order chi connectivity index (χ1) is 17.4. The number of hydrogen-bond donors (Lipinski definition) is 0. The van der Waals surface area contributed by atoms with E-state index in [2.05, 4.69) is 97.3 Å². The minimum Gasteiger partial charge on any atom is -0.339 e. The van der Waals surface area contributed by atoms with Crippen LogP contribution in [0.4, 0.5) is 0 Å². The lowest BCUT2D eigenvalue weighted by atomic mass is 9.92. The molecule has 0 saturated carbocycles. The number of carbonyl (C=O) groups is 1. The van der Waals surface area contributed by atoms with Crippen molar-refractivity contribution in [2.24, 2.45) is 0 Å². The molecular weight excluding hydrogens is 442 g/mol. The van der Waals surface area contributed by atoms with E-state index in [0.717, 1.165) is 38.3 Å². The standard InChI is InChI=1S/C32H41N3O/c1-6-33(7-2)32(36)30-18-16-29(17-19-30)31(28-14-9-8-10-15-28)35-22-25(4)34(21-26(35)5)23-27-13-11-12-24(3)20-27/h8-20,25-26,31H,6-7,21-23H2,1-5H3/t25-,26+,31?/m1/s1. The number of carbonyl (C=O) groups excluding carboxylic acids is 1. The van der Waals surface area contributed by atoms with Gasteiger partial charge in [0.1, 0.15) is 0 Å². The summed E-state index contributed by atoms with van der Waals surface area (Å²) in [5, 5.41) is 0. The number of piperazine rings is 1. The maximum absolute atomic E-state index is 12.9. The van der Waals surface area contributed by atoms with Crippen LogP contribution in [0, 0.1) is 6.92 Å². The summed E-state index contributed by atoms with van der Waals surface area (Å²) in [6, 6.07) is 29.0. The minimum absolute atomic E-state index is 0.106. The third-order valence-electron chi connectivity index (χ3n) is 7.60. The van der Waals surface area contributed by atoms with Gasteiger partial charge in [-0.2, -0.15) is 0 Å². The van der Waals surface area contributed by atoms with Gasteiger partial charge in [-0.25, -0.2) is 0 Å². The summed E-state index contributed by atoms with van der Waals surface area (Å²) in [7, 11) is 0. The number of benzene rings is 3. The molecule has 0 aromatic heterocycles. The van der Waals surface area contributed by atoms with Crippen LogP contribution in [-0.4, -0.2) is 58.9 Å². The van der Waals surface area contributed by atoms with Gasteiger partial charge in [0.25, 0.3) is 5.91 Å². The van der Waals surface area contributed by atoms with Crippen molar-refractivity contribution in [1.82, 2.24) is 14.7 Å². The minimum atomic E-state index is 0.106. The summed E-state index contributed by atoms with van der Waals surface area (Å²) < 4.78 is 0. The summed E-state index contributed by atoms with van der Waals surface area (Å²) in [5.74, 6) is 0.106. The van der Waals surface area contributed by atoms with Gasteiger partial charge < -0.3 is 4.90 Å². The van der Waals surface area contributed by atoms with Crippen LogP contribution in [0.5, 0.6) is 0 Å². The summed E-state index contributed by atoms with van der Waals surface area (Å²) in [6.45, 7) is 15.4. The van der Waals surface area contributed by atoms with Crippen molar-refractivity contribution in [1.29, 1.82) is 0 Å². The lowest BCUT2D eigenvalue weighted by Crippen LogP contribution is -2.56. The van der Waals surface area contributed by atoms with Gasteiger partial charge in [0.2, 0.25) is 0 Å². The Morgan fingerprint density at radius 1 is 0.861 bits per heavy atom. The first-order valence-electron chi connectivity index (χ1n) is 13.4. The number of rotatable bonds is 8. The fourth-order valence-electron chi connectivity index (χ4n) is 5.56. The van der Waals surface area contributed by atoms with Gasteiger partial charge in [-0.05, 0) is 63.4 Å². The number of nitrogens with zero attached hydrogens (tertiary/aromatic N) is 3. The Morgan fingerprint density at radius 2 is 1.53 bits per heavy atom. The van der Waals surface area contributed by atoms with Crippen LogP contribution < -0.4 is 0 Å². The summed E-state index contributed by atoms with van der Waals surface area (Å²) >= 11 is 0. The highest BCUT2D eigenvalue weighted by Crippen LogP contribution is 2.34. The number of amides is 1. The van der Waals surface area contributed by atoms with Crippen LogP contribution in [0.25, 0.3) is 0 Å². The summed E-state index contributed by atoms with van der Waals surface area (Å²) in [5.41, 5.74) is 6.00. The van der Waals surface area contributed by atoms with Crippen molar-refractivity contribution in [3.8, 4) is 0 Å². The van der Waals surface area contributed by atoms with Crippen molar-refractivity contribution in [3.05, 3.63) is 107 Å². The number of aryl methyl sites for hydroxylation is 1. The monoisotopic (exact) mass is 483 g/mol. The van der Waals surface area contributed by atoms with E-state index in [0.29, 0.717) is 12.1 Å². The van der Waals surface area contributed by atoms with E-state index < -0.39 is 0 Å². The van der Waals surface area contributed by atoms with E-state index in [1.54, 1.807) is 0 Å². The van der Waals surface area contributed by atoms with E-state index in [-0.39, 0.29) is 11.9 Å². The molecule has 0 bridgehead atoms. The summed E-state index contributed by atoms with van der Waals surface area (Å²) in [4.78, 5) is 20.0. The molecule has 1 fully saturated rings. The van der Waals surface area contributed by atoms with Gasteiger partial charge >= 0.3 is 0 Å². The third-order valence-corrected chi connectivity index (χ3v) is 7.60. The van der Waals surface area contributed by atoms with Gasteiger partial charge in [0.15, 0.2) is 0 Å². The predicted octanol–water partition coefficient (Wildman–Crippen LogP) is 6.16. The molecular formula is C32H41N3O. The van der Waals surface area contributed by atoms with Crippen LogP contribution in [0.15, 0.2) is 78.9 Å². The van der Waals surface area contributed by atoms with Gasteiger partial charge in [0.05, 0.1) is 6.04 Å². The molecule has 0 spiro atoms. The highest BCUT2D eigenvalue weighted by Gasteiger charge is 2.34. The zero-order valence-electron chi connectivity index (χ0n) is 22.5.